The third-order valence-electron chi connectivity index (χ3n) is 2.91. The van der Waals surface area contributed by atoms with Crippen LogP contribution in [0.4, 0.5) is 0 Å². The van der Waals surface area contributed by atoms with Gasteiger partial charge in [-0.15, -0.1) is 0 Å². The summed E-state index contributed by atoms with van der Waals surface area (Å²) in [6.45, 7) is 4.87. The molecule has 0 saturated carbocycles. The predicted octanol–water partition coefficient (Wildman–Crippen LogP) is 3.10. The van der Waals surface area contributed by atoms with Crippen LogP contribution in [0.15, 0.2) is 24.3 Å². The van der Waals surface area contributed by atoms with E-state index in [9.17, 15) is 5.11 Å². The SMILES string of the molecule is CC(O)CCN(C)C(C)c1ccc(Cl)cc1. The minimum absolute atomic E-state index is 0.236. The monoisotopic (exact) mass is 241 g/mol. The maximum atomic E-state index is 9.25. The van der Waals surface area contributed by atoms with Gasteiger partial charge in [0.15, 0.2) is 0 Å². The van der Waals surface area contributed by atoms with Crippen LogP contribution in [0.1, 0.15) is 31.9 Å². The van der Waals surface area contributed by atoms with Gasteiger partial charge in [-0.05, 0) is 45.0 Å². The number of hydrogen-bond donors (Lipinski definition) is 1. The predicted molar refractivity (Wildman–Crippen MR) is 68.8 cm³/mol. The van der Waals surface area contributed by atoms with Crippen molar-refractivity contribution >= 4 is 11.6 Å². The quantitative estimate of drug-likeness (QED) is 0.856. The van der Waals surface area contributed by atoms with Crippen LogP contribution >= 0.6 is 11.6 Å². The van der Waals surface area contributed by atoms with E-state index in [1.54, 1.807) is 0 Å². The molecular weight excluding hydrogens is 222 g/mol. The van der Waals surface area contributed by atoms with Gasteiger partial charge in [0.2, 0.25) is 0 Å². The lowest BCUT2D eigenvalue weighted by Gasteiger charge is -2.25. The number of aliphatic hydroxyl groups excluding tert-OH is 1. The Kier molecular flexibility index (Phi) is 5.26. The molecule has 0 aliphatic carbocycles. The first kappa shape index (κ1) is 13.5. The van der Waals surface area contributed by atoms with Gasteiger partial charge in [-0.25, -0.2) is 0 Å². The van der Waals surface area contributed by atoms with E-state index in [0.29, 0.717) is 6.04 Å². The molecule has 1 aromatic rings. The van der Waals surface area contributed by atoms with E-state index in [2.05, 4.69) is 18.9 Å². The van der Waals surface area contributed by atoms with E-state index >= 15 is 0 Å². The summed E-state index contributed by atoms with van der Waals surface area (Å²) in [7, 11) is 2.07. The van der Waals surface area contributed by atoms with E-state index in [1.165, 1.54) is 5.56 Å². The molecule has 1 N–H and O–H groups in total. The topological polar surface area (TPSA) is 23.5 Å². The fourth-order valence-corrected chi connectivity index (χ4v) is 1.71. The Morgan fingerprint density at radius 3 is 2.31 bits per heavy atom. The van der Waals surface area contributed by atoms with Gasteiger partial charge < -0.3 is 5.11 Å². The first-order valence-corrected chi connectivity index (χ1v) is 6.02. The Hall–Kier alpha value is -0.570. The molecule has 2 unspecified atom stereocenters. The van der Waals surface area contributed by atoms with Crippen LogP contribution in [-0.2, 0) is 0 Å². The van der Waals surface area contributed by atoms with Crippen LogP contribution < -0.4 is 0 Å². The summed E-state index contributed by atoms with van der Waals surface area (Å²) in [6.07, 6.45) is 0.564. The third kappa shape index (κ3) is 4.12. The lowest BCUT2D eigenvalue weighted by atomic mass is 10.1. The smallest absolute Gasteiger partial charge is 0.0524 e. The summed E-state index contributed by atoms with van der Waals surface area (Å²) in [5.41, 5.74) is 1.25. The number of nitrogens with zero attached hydrogens (tertiary/aromatic N) is 1. The van der Waals surface area contributed by atoms with Crippen LogP contribution in [0, 0.1) is 0 Å². The fraction of sp³-hybridized carbons (Fsp3) is 0.538. The van der Waals surface area contributed by atoms with Crippen molar-refractivity contribution in [1.29, 1.82) is 0 Å². The number of halogens is 1. The molecule has 0 spiro atoms. The van der Waals surface area contributed by atoms with Crippen LogP contribution in [-0.4, -0.2) is 29.7 Å². The highest BCUT2D eigenvalue weighted by atomic mass is 35.5. The molecule has 0 fully saturated rings. The molecule has 0 aliphatic heterocycles. The molecule has 16 heavy (non-hydrogen) atoms. The van der Waals surface area contributed by atoms with Gasteiger partial charge in [-0.3, -0.25) is 4.90 Å². The first-order valence-electron chi connectivity index (χ1n) is 5.64. The zero-order valence-electron chi connectivity index (χ0n) is 10.2. The average Bonchev–Trinajstić information content (AvgIpc) is 2.26. The molecule has 2 nitrogen and oxygen atoms in total. The molecule has 3 heteroatoms. The second kappa shape index (κ2) is 6.24. The van der Waals surface area contributed by atoms with E-state index < -0.39 is 0 Å². The van der Waals surface area contributed by atoms with E-state index in [1.807, 2.05) is 31.2 Å². The normalized spacial score (nSPS) is 15.1. The zero-order chi connectivity index (χ0) is 12.1. The van der Waals surface area contributed by atoms with Crippen LogP contribution in [0.3, 0.4) is 0 Å². The summed E-state index contributed by atoms with van der Waals surface area (Å²) in [4.78, 5) is 2.23. The number of rotatable bonds is 5. The Labute approximate surface area is 103 Å². The second-order valence-electron chi connectivity index (χ2n) is 4.35. The van der Waals surface area contributed by atoms with Gasteiger partial charge in [0.25, 0.3) is 0 Å². The lowest BCUT2D eigenvalue weighted by Crippen LogP contribution is -2.25. The molecular formula is C13H20ClNO. The van der Waals surface area contributed by atoms with Crippen molar-refractivity contribution in [2.24, 2.45) is 0 Å². The third-order valence-corrected chi connectivity index (χ3v) is 3.17. The minimum atomic E-state index is -0.236. The lowest BCUT2D eigenvalue weighted by molar-refractivity contribution is 0.153. The standard InChI is InChI=1S/C13H20ClNO/c1-10(16)8-9-15(3)11(2)12-4-6-13(14)7-5-12/h4-7,10-11,16H,8-9H2,1-3H3. The Morgan fingerprint density at radius 2 is 1.81 bits per heavy atom. The number of hydrogen-bond acceptors (Lipinski definition) is 2. The van der Waals surface area contributed by atoms with Crippen molar-refractivity contribution in [2.75, 3.05) is 13.6 Å². The number of benzene rings is 1. The molecule has 2 atom stereocenters. The minimum Gasteiger partial charge on any atom is -0.393 e. The molecule has 0 aliphatic rings. The fourth-order valence-electron chi connectivity index (χ4n) is 1.58. The van der Waals surface area contributed by atoms with Crippen molar-refractivity contribution in [3.05, 3.63) is 34.9 Å². The summed E-state index contributed by atoms with van der Waals surface area (Å²) < 4.78 is 0. The van der Waals surface area contributed by atoms with Gasteiger partial charge >= 0.3 is 0 Å². The maximum Gasteiger partial charge on any atom is 0.0524 e. The Balaban J connectivity index is 2.56. The summed E-state index contributed by atoms with van der Waals surface area (Å²) in [6, 6.07) is 8.26. The van der Waals surface area contributed by atoms with Crippen molar-refractivity contribution < 1.29 is 5.11 Å². The summed E-state index contributed by atoms with van der Waals surface area (Å²) >= 11 is 5.85. The molecule has 1 rings (SSSR count). The van der Waals surface area contributed by atoms with E-state index in [4.69, 9.17) is 11.6 Å². The van der Waals surface area contributed by atoms with E-state index in [0.717, 1.165) is 18.0 Å². The number of aliphatic hydroxyl groups is 1. The molecule has 0 saturated heterocycles. The van der Waals surface area contributed by atoms with E-state index in [-0.39, 0.29) is 6.10 Å². The first-order chi connectivity index (χ1) is 7.50. The molecule has 1 aromatic carbocycles. The van der Waals surface area contributed by atoms with Crippen LogP contribution in [0.2, 0.25) is 5.02 Å². The second-order valence-corrected chi connectivity index (χ2v) is 4.78. The van der Waals surface area contributed by atoms with Crippen molar-refractivity contribution in [2.45, 2.75) is 32.4 Å². The van der Waals surface area contributed by atoms with Gasteiger partial charge in [-0.1, -0.05) is 23.7 Å². The highest BCUT2D eigenvalue weighted by molar-refractivity contribution is 6.30. The average molecular weight is 242 g/mol. The van der Waals surface area contributed by atoms with Gasteiger partial charge in [0.1, 0.15) is 0 Å². The van der Waals surface area contributed by atoms with Crippen molar-refractivity contribution in [3.63, 3.8) is 0 Å². The maximum absolute atomic E-state index is 9.25. The van der Waals surface area contributed by atoms with Gasteiger partial charge in [0, 0.05) is 17.6 Å². The van der Waals surface area contributed by atoms with Gasteiger partial charge in [-0.2, -0.15) is 0 Å². The van der Waals surface area contributed by atoms with Crippen LogP contribution in [0.5, 0.6) is 0 Å². The largest absolute Gasteiger partial charge is 0.393 e. The van der Waals surface area contributed by atoms with Crippen molar-refractivity contribution in [3.8, 4) is 0 Å². The van der Waals surface area contributed by atoms with Crippen molar-refractivity contribution in [1.82, 2.24) is 4.90 Å². The van der Waals surface area contributed by atoms with Crippen LogP contribution in [0.25, 0.3) is 0 Å². The zero-order valence-corrected chi connectivity index (χ0v) is 10.9. The summed E-state index contributed by atoms with van der Waals surface area (Å²) in [5, 5.41) is 10.0. The highest BCUT2D eigenvalue weighted by Gasteiger charge is 2.11. The molecule has 0 amide bonds. The highest BCUT2D eigenvalue weighted by Crippen LogP contribution is 2.20. The molecule has 0 radical (unpaired) electrons. The molecule has 0 aromatic heterocycles. The molecule has 0 bridgehead atoms. The van der Waals surface area contributed by atoms with Gasteiger partial charge in [0.05, 0.1) is 6.10 Å². The Morgan fingerprint density at radius 1 is 1.25 bits per heavy atom. The Bertz CT molecular complexity index is 310. The molecule has 90 valence electrons. The summed E-state index contributed by atoms with van der Waals surface area (Å²) in [5.74, 6) is 0. The molecule has 0 heterocycles.